The fourth-order valence-electron chi connectivity index (χ4n) is 1.04. The van der Waals surface area contributed by atoms with Crippen LogP contribution in [0.5, 0.6) is 0 Å². The summed E-state index contributed by atoms with van der Waals surface area (Å²) in [6, 6.07) is -0.490. The van der Waals surface area contributed by atoms with Gasteiger partial charge in [-0.2, -0.15) is 0 Å². The summed E-state index contributed by atoms with van der Waals surface area (Å²) in [5, 5.41) is 0. The minimum absolute atomic E-state index is 0.213. The van der Waals surface area contributed by atoms with Crippen molar-refractivity contribution in [2.75, 3.05) is 33.4 Å². The fraction of sp³-hybridized carbons (Fsp3) is 0.545. The molecule has 0 heterocycles. The van der Waals surface area contributed by atoms with Crippen LogP contribution >= 0.6 is 0 Å². The molecule has 5 nitrogen and oxygen atoms in total. The van der Waals surface area contributed by atoms with Gasteiger partial charge in [-0.1, -0.05) is 12.2 Å². The Hall–Kier alpha value is -1.33. The van der Waals surface area contributed by atoms with Crippen molar-refractivity contribution in [1.82, 2.24) is 4.90 Å². The molecule has 0 aliphatic carbocycles. The fourth-order valence-corrected chi connectivity index (χ4v) is 1.04. The molecule has 0 bridgehead atoms. The SMILES string of the molecule is C=CCOCC(CN(C)C(N)=O)OCC=C. The van der Waals surface area contributed by atoms with Crippen LogP contribution in [0.1, 0.15) is 0 Å². The van der Waals surface area contributed by atoms with E-state index in [9.17, 15) is 4.79 Å². The molecule has 0 saturated carbocycles. The van der Waals surface area contributed by atoms with E-state index < -0.39 is 6.03 Å². The van der Waals surface area contributed by atoms with Crippen LogP contribution < -0.4 is 5.73 Å². The maximum atomic E-state index is 10.9. The number of likely N-dealkylation sites (N-methyl/N-ethyl adjacent to an activating group) is 1. The summed E-state index contributed by atoms with van der Waals surface area (Å²) in [4.78, 5) is 12.2. The second kappa shape index (κ2) is 8.94. The lowest BCUT2D eigenvalue weighted by molar-refractivity contribution is -0.00777. The van der Waals surface area contributed by atoms with Gasteiger partial charge in [-0.3, -0.25) is 0 Å². The van der Waals surface area contributed by atoms with Crippen LogP contribution in [0.2, 0.25) is 0 Å². The van der Waals surface area contributed by atoms with E-state index in [1.54, 1.807) is 19.2 Å². The summed E-state index contributed by atoms with van der Waals surface area (Å²) >= 11 is 0. The summed E-state index contributed by atoms with van der Waals surface area (Å²) < 4.78 is 10.7. The molecule has 2 amide bonds. The smallest absolute Gasteiger partial charge is 0.314 e. The molecule has 0 saturated heterocycles. The molecular weight excluding hydrogens is 208 g/mol. The number of hydrogen-bond donors (Lipinski definition) is 1. The van der Waals surface area contributed by atoms with Crippen molar-refractivity contribution in [3.05, 3.63) is 25.3 Å². The number of nitrogens with two attached hydrogens (primary N) is 1. The second-order valence-corrected chi connectivity index (χ2v) is 3.29. The Labute approximate surface area is 96.5 Å². The number of amides is 2. The third kappa shape index (κ3) is 7.03. The Morgan fingerprint density at radius 3 is 2.56 bits per heavy atom. The molecule has 1 atom stereocenters. The van der Waals surface area contributed by atoms with Gasteiger partial charge in [0.15, 0.2) is 0 Å². The quantitative estimate of drug-likeness (QED) is 0.468. The molecule has 16 heavy (non-hydrogen) atoms. The van der Waals surface area contributed by atoms with E-state index in [4.69, 9.17) is 15.2 Å². The van der Waals surface area contributed by atoms with E-state index in [1.165, 1.54) is 4.90 Å². The third-order valence-corrected chi connectivity index (χ3v) is 1.84. The first kappa shape index (κ1) is 14.7. The van der Waals surface area contributed by atoms with Gasteiger partial charge in [-0.25, -0.2) is 4.79 Å². The van der Waals surface area contributed by atoms with Crippen LogP contribution in [0.4, 0.5) is 4.79 Å². The van der Waals surface area contributed by atoms with Crippen LogP contribution in [-0.4, -0.2) is 50.4 Å². The normalized spacial score (nSPS) is 11.8. The molecule has 92 valence electrons. The predicted octanol–water partition coefficient (Wildman–Crippen LogP) is 0.771. The number of ether oxygens (including phenoxy) is 2. The maximum absolute atomic E-state index is 10.9. The zero-order chi connectivity index (χ0) is 12.4. The highest BCUT2D eigenvalue weighted by Crippen LogP contribution is 1.98. The third-order valence-electron chi connectivity index (χ3n) is 1.84. The van der Waals surface area contributed by atoms with Gasteiger partial charge >= 0.3 is 6.03 Å². The van der Waals surface area contributed by atoms with Gasteiger partial charge in [0.25, 0.3) is 0 Å². The van der Waals surface area contributed by atoms with E-state index in [-0.39, 0.29) is 6.10 Å². The molecule has 0 fully saturated rings. The molecule has 1 unspecified atom stereocenters. The van der Waals surface area contributed by atoms with Gasteiger partial charge in [0, 0.05) is 7.05 Å². The van der Waals surface area contributed by atoms with Gasteiger partial charge in [0.05, 0.1) is 32.5 Å². The number of carbonyl (C=O) groups is 1. The number of nitrogens with zero attached hydrogens (tertiary/aromatic N) is 1. The molecule has 0 aromatic rings. The van der Waals surface area contributed by atoms with E-state index in [0.717, 1.165) is 0 Å². The number of carbonyl (C=O) groups excluding carboxylic acids is 1. The standard InChI is InChI=1S/C11H20N2O3/c1-4-6-15-9-10(16-7-5-2)8-13(3)11(12)14/h4-5,10H,1-2,6-9H2,3H3,(H2,12,14). The molecule has 0 aromatic heterocycles. The topological polar surface area (TPSA) is 64.8 Å². The summed E-state index contributed by atoms with van der Waals surface area (Å²) in [6.45, 7) is 8.74. The molecule has 0 aliphatic heterocycles. The largest absolute Gasteiger partial charge is 0.375 e. The molecule has 2 N–H and O–H groups in total. The second-order valence-electron chi connectivity index (χ2n) is 3.29. The van der Waals surface area contributed by atoms with Crippen LogP contribution in [0, 0.1) is 0 Å². The van der Waals surface area contributed by atoms with Crippen molar-refractivity contribution < 1.29 is 14.3 Å². The molecule has 0 spiro atoms. The number of primary amides is 1. The highest BCUT2D eigenvalue weighted by molar-refractivity contribution is 5.71. The molecule has 0 aliphatic rings. The molecule has 5 heteroatoms. The lowest BCUT2D eigenvalue weighted by atomic mass is 10.3. The highest BCUT2D eigenvalue weighted by atomic mass is 16.5. The predicted molar refractivity (Wildman–Crippen MR) is 63.2 cm³/mol. The van der Waals surface area contributed by atoms with Gasteiger partial charge in [0.1, 0.15) is 0 Å². The summed E-state index contributed by atoms with van der Waals surface area (Å²) in [5.41, 5.74) is 5.12. The van der Waals surface area contributed by atoms with Crippen LogP contribution in [0.3, 0.4) is 0 Å². The van der Waals surface area contributed by atoms with Gasteiger partial charge in [-0.05, 0) is 0 Å². The van der Waals surface area contributed by atoms with Gasteiger partial charge in [0.2, 0.25) is 0 Å². The summed E-state index contributed by atoms with van der Waals surface area (Å²) in [6.07, 6.45) is 3.09. The average molecular weight is 228 g/mol. The van der Waals surface area contributed by atoms with E-state index in [1.807, 2.05) is 0 Å². The number of rotatable bonds is 9. The Morgan fingerprint density at radius 1 is 1.44 bits per heavy atom. The monoisotopic (exact) mass is 228 g/mol. The Kier molecular flexibility index (Phi) is 8.19. The highest BCUT2D eigenvalue weighted by Gasteiger charge is 2.14. The number of urea groups is 1. The van der Waals surface area contributed by atoms with Crippen molar-refractivity contribution in [3.63, 3.8) is 0 Å². The van der Waals surface area contributed by atoms with Crippen molar-refractivity contribution in [2.45, 2.75) is 6.10 Å². The Morgan fingerprint density at radius 2 is 2.06 bits per heavy atom. The van der Waals surface area contributed by atoms with Crippen molar-refractivity contribution >= 4 is 6.03 Å². The minimum atomic E-state index is -0.490. The Bertz CT molecular complexity index is 231. The maximum Gasteiger partial charge on any atom is 0.314 e. The van der Waals surface area contributed by atoms with Crippen molar-refractivity contribution in [1.29, 1.82) is 0 Å². The lowest BCUT2D eigenvalue weighted by Gasteiger charge is -2.22. The molecular formula is C11H20N2O3. The van der Waals surface area contributed by atoms with E-state index in [2.05, 4.69) is 13.2 Å². The van der Waals surface area contributed by atoms with Crippen molar-refractivity contribution in [3.8, 4) is 0 Å². The van der Waals surface area contributed by atoms with Gasteiger partial charge in [-0.15, -0.1) is 13.2 Å². The van der Waals surface area contributed by atoms with Gasteiger partial charge < -0.3 is 20.1 Å². The molecule has 0 aromatic carbocycles. The van der Waals surface area contributed by atoms with Crippen molar-refractivity contribution in [2.24, 2.45) is 5.73 Å². The molecule has 0 rings (SSSR count). The van der Waals surface area contributed by atoms with Crippen LogP contribution in [-0.2, 0) is 9.47 Å². The Balaban J connectivity index is 4.02. The van der Waals surface area contributed by atoms with Crippen LogP contribution in [0.25, 0.3) is 0 Å². The zero-order valence-electron chi connectivity index (χ0n) is 9.72. The molecule has 0 radical (unpaired) electrons. The summed E-state index contributed by atoms with van der Waals surface area (Å²) in [5.74, 6) is 0. The summed E-state index contributed by atoms with van der Waals surface area (Å²) in [7, 11) is 1.61. The average Bonchev–Trinajstić information content (AvgIpc) is 2.25. The van der Waals surface area contributed by atoms with E-state index in [0.29, 0.717) is 26.4 Å². The van der Waals surface area contributed by atoms with Crippen LogP contribution in [0.15, 0.2) is 25.3 Å². The lowest BCUT2D eigenvalue weighted by Crippen LogP contribution is -2.40. The first-order valence-corrected chi connectivity index (χ1v) is 5.03. The first-order chi connectivity index (χ1) is 7.61. The zero-order valence-corrected chi connectivity index (χ0v) is 9.72. The van der Waals surface area contributed by atoms with E-state index >= 15 is 0 Å². The first-order valence-electron chi connectivity index (χ1n) is 5.03. The number of hydrogen-bond acceptors (Lipinski definition) is 3. The minimum Gasteiger partial charge on any atom is -0.375 e.